The predicted molar refractivity (Wildman–Crippen MR) is 103 cm³/mol. The maximum atomic E-state index is 12.6. The van der Waals surface area contributed by atoms with Gasteiger partial charge in [-0.25, -0.2) is 0 Å². The van der Waals surface area contributed by atoms with E-state index in [1.165, 1.54) is 12.1 Å². The Morgan fingerprint density at radius 3 is 2.31 bits per heavy atom. The molecule has 1 atom stereocenters. The number of likely N-dealkylation sites (tertiary alicyclic amines) is 1. The lowest BCUT2D eigenvalue weighted by Gasteiger charge is -2.17. The number of methoxy groups -OCH3 is 2. The van der Waals surface area contributed by atoms with Gasteiger partial charge in [0, 0.05) is 13.1 Å². The van der Waals surface area contributed by atoms with Gasteiger partial charge in [-0.2, -0.15) is 13.2 Å². The third-order valence-electron chi connectivity index (χ3n) is 5.25. The van der Waals surface area contributed by atoms with Crippen LogP contribution in [-0.4, -0.2) is 38.1 Å². The van der Waals surface area contributed by atoms with Gasteiger partial charge in [-0.1, -0.05) is 18.2 Å². The minimum atomic E-state index is -4.37. The number of nitrogens with zero attached hydrogens (tertiary/aromatic N) is 1. The number of carbonyl (C=O) groups excluding carboxylic acids is 1. The molecule has 2 aromatic rings. The van der Waals surface area contributed by atoms with Gasteiger partial charge in [-0.3, -0.25) is 4.79 Å². The summed E-state index contributed by atoms with van der Waals surface area (Å²) >= 11 is 0. The van der Waals surface area contributed by atoms with Crippen LogP contribution in [0, 0.1) is 5.92 Å². The molecule has 4 nitrogen and oxygen atoms in total. The topological polar surface area (TPSA) is 38.8 Å². The number of alkyl halides is 3. The van der Waals surface area contributed by atoms with E-state index in [0.29, 0.717) is 36.1 Å². The Kier molecular flexibility index (Phi) is 6.35. The number of carbonyl (C=O) groups is 1. The second-order valence-corrected chi connectivity index (χ2v) is 7.26. The van der Waals surface area contributed by atoms with Crippen molar-refractivity contribution in [3.8, 4) is 11.5 Å². The highest BCUT2D eigenvalue weighted by Gasteiger charge is 2.30. The van der Waals surface area contributed by atoms with E-state index in [-0.39, 0.29) is 12.3 Å². The molecule has 2 aromatic carbocycles. The molecule has 1 unspecified atom stereocenters. The molecule has 0 spiro atoms. The minimum Gasteiger partial charge on any atom is -0.493 e. The second kappa shape index (κ2) is 8.76. The van der Waals surface area contributed by atoms with Crippen LogP contribution in [0.3, 0.4) is 0 Å². The van der Waals surface area contributed by atoms with Crippen molar-refractivity contribution < 1.29 is 27.4 Å². The number of halogens is 3. The Hall–Kier alpha value is -2.70. The fourth-order valence-electron chi connectivity index (χ4n) is 3.66. The smallest absolute Gasteiger partial charge is 0.416 e. The molecule has 29 heavy (non-hydrogen) atoms. The van der Waals surface area contributed by atoms with Crippen LogP contribution in [0.1, 0.15) is 23.1 Å². The molecule has 0 bridgehead atoms. The van der Waals surface area contributed by atoms with Gasteiger partial charge in [0.1, 0.15) is 0 Å². The van der Waals surface area contributed by atoms with E-state index in [4.69, 9.17) is 9.47 Å². The average Bonchev–Trinajstić information content (AvgIpc) is 3.16. The minimum absolute atomic E-state index is 0.0560. The summed E-state index contributed by atoms with van der Waals surface area (Å²) in [4.78, 5) is 14.3. The molecule has 1 fully saturated rings. The van der Waals surface area contributed by atoms with E-state index in [2.05, 4.69) is 0 Å². The number of rotatable bonds is 6. The third kappa shape index (κ3) is 5.22. The fourth-order valence-corrected chi connectivity index (χ4v) is 3.66. The van der Waals surface area contributed by atoms with Crippen LogP contribution in [-0.2, 0) is 23.8 Å². The summed E-state index contributed by atoms with van der Waals surface area (Å²) < 4.78 is 48.5. The Bertz CT molecular complexity index is 849. The lowest BCUT2D eigenvalue weighted by atomic mass is 9.98. The van der Waals surface area contributed by atoms with Gasteiger partial charge >= 0.3 is 6.18 Å². The molecule has 0 aromatic heterocycles. The molecule has 1 heterocycles. The van der Waals surface area contributed by atoms with Crippen molar-refractivity contribution in [1.29, 1.82) is 0 Å². The van der Waals surface area contributed by atoms with Gasteiger partial charge in [0.25, 0.3) is 0 Å². The molecule has 1 aliphatic rings. The quantitative estimate of drug-likeness (QED) is 0.714. The summed E-state index contributed by atoms with van der Waals surface area (Å²) in [6, 6.07) is 10.6. The first-order chi connectivity index (χ1) is 13.8. The SMILES string of the molecule is COc1ccc(CC2CCN(C(=O)Cc3ccc(C(F)(F)F)cc3)C2)cc1OC. The predicted octanol–water partition coefficient (Wildman–Crippen LogP) is 4.36. The lowest BCUT2D eigenvalue weighted by molar-refractivity contribution is -0.137. The van der Waals surface area contributed by atoms with E-state index in [9.17, 15) is 18.0 Å². The number of hydrogen-bond donors (Lipinski definition) is 0. The standard InChI is InChI=1S/C22H24F3NO3/c1-28-19-8-5-16(12-20(19)29-2)11-17-9-10-26(14-17)21(27)13-15-3-6-18(7-4-15)22(23,24)25/h3-8,12,17H,9-11,13-14H2,1-2H3. The number of benzene rings is 2. The molecular weight excluding hydrogens is 383 g/mol. The summed E-state index contributed by atoms with van der Waals surface area (Å²) in [5.74, 6) is 1.64. The zero-order valence-corrected chi connectivity index (χ0v) is 16.5. The van der Waals surface area contributed by atoms with Crippen LogP contribution < -0.4 is 9.47 Å². The molecule has 7 heteroatoms. The van der Waals surface area contributed by atoms with Crippen LogP contribution in [0.5, 0.6) is 11.5 Å². The fraction of sp³-hybridized carbons (Fsp3) is 0.409. The first kappa shape index (κ1) is 21.0. The van der Waals surface area contributed by atoms with Crippen molar-refractivity contribution >= 4 is 5.91 Å². The van der Waals surface area contributed by atoms with E-state index >= 15 is 0 Å². The van der Waals surface area contributed by atoms with Crippen LogP contribution in [0.4, 0.5) is 13.2 Å². The van der Waals surface area contributed by atoms with Crippen LogP contribution in [0.25, 0.3) is 0 Å². The highest BCUT2D eigenvalue weighted by Crippen LogP contribution is 2.31. The van der Waals surface area contributed by atoms with Gasteiger partial charge in [0.05, 0.1) is 26.2 Å². The van der Waals surface area contributed by atoms with Crippen LogP contribution >= 0.6 is 0 Å². The van der Waals surface area contributed by atoms with Crippen molar-refractivity contribution in [2.45, 2.75) is 25.4 Å². The summed E-state index contributed by atoms with van der Waals surface area (Å²) in [6.45, 7) is 1.31. The third-order valence-corrected chi connectivity index (χ3v) is 5.25. The first-order valence-corrected chi connectivity index (χ1v) is 9.45. The zero-order valence-electron chi connectivity index (χ0n) is 16.5. The highest BCUT2D eigenvalue weighted by atomic mass is 19.4. The number of ether oxygens (including phenoxy) is 2. The molecule has 3 rings (SSSR count). The maximum absolute atomic E-state index is 12.6. The van der Waals surface area contributed by atoms with E-state index in [0.717, 1.165) is 30.5 Å². The monoisotopic (exact) mass is 407 g/mol. The number of hydrogen-bond acceptors (Lipinski definition) is 3. The van der Waals surface area contributed by atoms with Crippen LogP contribution in [0.2, 0.25) is 0 Å². The van der Waals surface area contributed by atoms with E-state index in [1.54, 1.807) is 19.1 Å². The second-order valence-electron chi connectivity index (χ2n) is 7.26. The molecular formula is C22H24F3NO3. The van der Waals surface area contributed by atoms with E-state index in [1.807, 2.05) is 18.2 Å². The van der Waals surface area contributed by atoms with Crippen molar-refractivity contribution in [2.75, 3.05) is 27.3 Å². The van der Waals surface area contributed by atoms with Gasteiger partial charge in [0.2, 0.25) is 5.91 Å². The van der Waals surface area contributed by atoms with Crippen molar-refractivity contribution in [2.24, 2.45) is 5.92 Å². The molecule has 0 N–H and O–H groups in total. The molecule has 0 saturated carbocycles. The summed E-state index contributed by atoms with van der Waals surface area (Å²) in [6.07, 6.45) is -2.53. The Balaban J connectivity index is 1.56. The van der Waals surface area contributed by atoms with Gasteiger partial charge < -0.3 is 14.4 Å². The highest BCUT2D eigenvalue weighted by molar-refractivity contribution is 5.79. The first-order valence-electron chi connectivity index (χ1n) is 9.45. The molecule has 0 radical (unpaired) electrons. The van der Waals surface area contributed by atoms with E-state index < -0.39 is 11.7 Å². The average molecular weight is 407 g/mol. The Labute approximate surface area is 168 Å². The normalized spacial score (nSPS) is 16.7. The van der Waals surface area contributed by atoms with Crippen molar-refractivity contribution in [1.82, 2.24) is 4.90 Å². The molecule has 156 valence electrons. The van der Waals surface area contributed by atoms with Gasteiger partial charge in [-0.15, -0.1) is 0 Å². The maximum Gasteiger partial charge on any atom is 0.416 e. The lowest BCUT2D eigenvalue weighted by Crippen LogP contribution is -2.30. The molecule has 1 saturated heterocycles. The van der Waals surface area contributed by atoms with Crippen molar-refractivity contribution in [3.05, 3.63) is 59.2 Å². The largest absolute Gasteiger partial charge is 0.493 e. The zero-order chi connectivity index (χ0) is 21.0. The Morgan fingerprint density at radius 2 is 1.69 bits per heavy atom. The summed E-state index contributed by atoms with van der Waals surface area (Å²) in [7, 11) is 3.19. The van der Waals surface area contributed by atoms with Crippen LogP contribution in [0.15, 0.2) is 42.5 Å². The van der Waals surface area contributed by atoms with Gasteiger partial charge in [0.15, 0.2) is 11.5 Å². The molecule has 0 aliphatic carbocycles. The van der Waals surface area contributed by atoms with Gasteiger partial charge in [-0.05, 0) is 54.2 Å². The number of amides is 1. The van der Waals surface area contributed by atoms with Crippen molar-refractivity contribution in [3.63, 3.8) is 0 Å². The molecule has 1 amide bonds. The summed E-state index contributed by atoms with van der Waals surface area (Å²) in [5.41, 5.74) is 1.00. The summed E-state index contributed by atoms with van der Waals surface area (Å²) in [5, 5.41) is 0. The Morgan fingerprint density at radius 1 is 1.03 bits per heavy atom. The molecule has 1 aliphatic heterocycles.